The summed E-state index contributed by atoms with van der Waals surface area (Å²) in [5.74, 6) is 0. The molecule has 1 nitrogen and oxygen atoms in total. The second kappa shape index (κ2) is 4.44. The van der Waals surface area contributed by atoms with E-state index in [-0.39, 0.29) is 5.41 Å². The molecule has 116 valence electrons. The average molecular weight is 302 g/mol. The first kappa shape index (κ1) is 14.4. The lowest BCUT2D eigenvalue weighted by Gasteiger charge is -2.35. The first-order valence-electron chi connectivity index (χ1n) is 8.38. The maximum Gasteiger partial charge on any atom is 0.221 e. The predicted molar refractivity (Wildman–Crippen MR) is 96.9 cm³/mol. The van der Waals surface area contributed by atoms with E-state index < -0.39 is 0 Å². The van der Waals surface area contributed by atoms with E-state index in [9.17, 15) is 0 Å². The Hall–Kier alpha value is -2.15. The van der Waals surface area contributed by atoms with Gasteiger partial charge in [0.05, 0.1) is 10.9 Å². The maximum atomic E-state index is 2.37. The van der Waals surface area contributed by atoms with Gasteiger partial charge in [-0.2, -0.15) is 4.57 Å². The van der Waals surface area contributed by atoms with Gasteiger partial charge in [0, 0.05) is 18.4 Å². The molecule has 4 rings (SSSR count). The van der Waals surface area contributed by atoms with Crippen molar-refractivity contribution < 1.29 is 4.57 Å². The van der Waals surface area contributed by atoms with E-state index in [1.807, 2.05) is 0 Å². The van der Waals surface area contributed by atoms with Crippen molar-refractivity contribution in [1.82, 2.24) is 0 Å². The highest BCUT2D eigenvalue weighted by Gasteiger charge is 2.39. The summed E-state index contributed by atoms with van der Waals surface area (Å²) in [4.78, 5) is 0. The van der Waals surface area contributed by atoms with Crippen molar-refractivity contribution in [2.45, 2.75) is 40.0 Å². The van der Waals surface area contributed by atoms with Gasteiger partial charge in [-0.25, -0.2) is 0 Å². The van der Waals surface area contributed by atoms with Gasteiger partial charge >= 0.3 is 0 Å². The number of hydrogen-bond donors (Lipinski definition) is 0. The molecule has 1 aromatic heterocycles. The van der Waals surface area contributed by atoms with Crippen molar-refractivity contribution in [2.24, 2.45) is 7.05 Å². The fourth-order valence-corrected chi connectivity index (χ4v) is 4.50. The zero-order valence-corrected chi connectivity index (χ0v) is 14.9. The first-order valence-corrected chi connectivity index (χ1v) is 8.38. The molecule has 0 saturated carbocycles. The van der Waals surface area contributed by atoms with Crippen molar-refractivity contribution in [3.63, 3.8) is 0 Å². The highest BCUT2D eigenvalue weighted by Crippen LogP contribution is 2.49. The summed E-state index contributed by atoms with van der Waals surface area (Å²) in [6.07, 6.45) is 0. The van der Waals surface area contributed by atoms with E-state index in [1.54, 1.807) is 0 Å². The predicted octanol–water partition coefficient (Wildman–Crippen LogP) is 4.90. The Bertz CT molecular complexity index is 977. The smallest absolute Gasteiger partial charge is 0.198 e. The molecule has 0 radical (unpaired) electrons. The minimum Gasteiger partial charge on any atom is -0.198 e. The molecule has 0 unspecified atom stereocenters. The zero-order valence-electron chi connectivity index (χ0n) is 14.9. The molecule has 0 bridgehead atoms. The molecule has 1 heterocycles. The van der Waals surface area contributed by atoms with Gasteiger partial charge in [0.15, 0.2) is 5.69 Å². The minimum absolute atomic E-state index is 0.0280. The fraction of sp³-hybridized carbons (Fsp3) is 0.318. The van der Waals surface area contributed by atoms with Crippen LogP contribution in [0.2, 0.25) is 0 Å². The Balaban J connectivity index is 2.37. The summed E-state index contributed by atoms with van der Waals surface area (Å²) in [5, 5.41) is 2.79. The summed E-state index contributed by atoms with van der Waals surface area (Å²) in [7, 11) is 2.20. The van der Waals surface area contributed by atoms with Crippen molar-refractivity contribution >= 4 is 10.8 Å². The van der Waals surface area contributed by atoms with E-state index in [4.69, 9.17) is 0 Å². The van der Waals surface area contributed by atoms with Crippen LogP contribution in [-0.4, -0.2) is 0 Å². The van der Waals surface area contributed by atoms with Gasteiger partial charge in [-0.3, -0.25) is 0 Å². The second-order valence-corrected chi connectivity index (χ2v) is 7.54. The molecular weight excluding hydrogens is 278 g/mol. The number of pyridine rings is 1. The fourth-order valence-electron chi connectivity index (χ4n) is 4.50. The van der Waals surface area contributed by atoms with Crippen LogP contribution >= 0.6 is 0 Å². The molecule has 1 aliphatic carbocycles. The lowest BCUT2D eigenvalue weighted by Crippen LogP contribution is -2.39. The van der Waals surface area contributed by atoms with Gasteiger partial charge < -0.3 is 0 Å². The van der Waals surface area contributed by atoms with Crippen molar-refractivity contribution in [2.75, 3.05) is 0 Å². The van der Waals surface area contributed by atoms with Gasteiger partial charge in [-0.15, -0.1) is 0 Å². The highest BCUT2D eigenvalue weighted by atomic mass is 14.9. The third-order valence-corrected chi connectivity index (χ3v) is 5.72. The number of nitrogens with zero attached hydrogens (tertiary/aromatic N) is 1. The largest absolute Gasteiger partial charge is 0.221 e. The molecule has 1 heteroatoms. The number of rotatable bonds is 0. The third kappa shape index (κ3) is 1.71. The summed E-state index contributed by atoms with van der Waals surface area (Å²) in [6.45, 7) is 11.4. The van der Waals surface area contributed by atoms with E-state index in [0.29, 0.717) is 0 Å². The Labute approximate surface area is 138 Å². The lowest BCUT2D eigenvalue weighted by atomic mass is 9.67. The number of benzene rings is 2. The van der Waals surface area contributed by atoms with Crippen LogP contribution in [0.25, 0.3) is 22.0 Å². The topological polar surface area (TPSA) is 3.88 Å². The van der Waals surface area contributed by atoms with Crippen LogP contribution in [0.4, 0.5) is 0 Å². The minimum atomic E-state index is 0.0280. The molecular formula is C22H24N+. The van der Waals surface area contributed by atoms with Crippen molar-refractivity contribution in [3.05, 3.63) is 64.3 Å². The SMILES string of the molecule is Cc1cccc2c1-c1c3c(c(C)ccc3cc(C)[n+]1C)C2(C)C. The Morgan fingerprint density at radius 1 is 0.913 bits per heavy atom. The van der Waals surface area contributed by atoms with Gasteiger partial charge in [-0.05, 0) is 41.5 Å². The molecule has 23 heavy (non-hydrogen) atoms. The van der Waals surface area contributed by atoms with E-state index >= 15 is 0 Å². The maximum absolute atomic E-state index is 2.37. The van der Waals surface area contributed by atoms with Gasteiger partial charge in [0.2, 0.25) is 5.69 Å². The van der Waals surface area contributed by atoms with Crippen LogP contribution in [0.15, 0.2) is 36.4 Å². The number of fused-ring (bicyclic) bond motifs is 2. The summed E-state index contributed by atoms with van der Waals surface area (Å²) < 4.78 is 2.37. The van der Waals surface area contributed by atoms with Crippen LogP contribution in [0.1, 0.15) is 41.8 Å². The molecule has 2 aromatic carbocycles. The second-order valence-electron chi connectivity index (χ2n) is 7.54. The van der Waals surface area contributed by atoms with Crippen LogP contribution in [-0.2, 0) is 12.5 Å². The molecule has 0 aliphatic heterocycles. The van der Waals surface area contributed by atoms with Crippen LogP contribution in [0, 0.1) is 20.8 Å². The number of aromatic nitrogens is 1. The molecule has 0 spiro atoms. The first-order chi connectivity index (χ1) is 10.8. The number of hydrogen-bond acceptors (Lipinski definition) is 0. The highest BCUT2D eigenvalue weighted by molar-refractivity contribution is 6.01. The molecule has 0 atom stereocenters. The monoisotopic (exact) mass is 302 g/mol. The average Bonchev–Trinajstić information content (AvgIpc) is 2.49. The van der Waals surface area contributed by atoms with Gasteiger partial charge in [-0.1, -0.05) is 44.2 Å². The Morgan fingerprint density at radius 2 is 1.65 bits per heavy atom. The lowest BCUT2D eigenvalue weighted by molar-refractivity contribution is -0.665. The Kier molecular flexibility index (Phi) is 2.79. The van der Waals surface area contributed by atoms with Crippen molar-refractivity contribution in [3.8, 4) is 11.3 Å². The third-order valence-electron chi connectivity index (χ3n) is 5.72. The van der Waals surface area contributed by atoms with Crippen LogP contribution < -0.4 is 4.57 Å². The molecule has 0 N–H and O–H groups in total. The van der Waals surface area contributed by atoms with Crippen LogP contribution in [0.3, 0.4) is 0 Å². The molecule has 0 amide bonds. The zero-order chi connectivity index (χ0) is 16.5. The molecule has 1 aliphatic rings. The van der Waals surface area contributed by atoms with Gasteiger partial charge in [0.25, 0.3) is 0 Å². The molecule has 3 aromatic rings. The van der Waals surface area contributed by atoms with E-state index in [1.165, 1.54) is 50.0 Å². The molecule has 0 saturated heterocycles. The quantitative estimate of drug-likeness (QED) is 0.520. The standard InChI is InChI=1S/C22H24N/c1-13-8-7-9-17-18(13)21-19-16(12-15(3)23(21)6)11-10-14(2)20(19)22(17,4)5/h7-12H,1-6H3/q+1. The van der Waals surface area contributed by atoms with Crippen molar-refractivity contribution in [1.29, 1.82) is 0 Å². The normalized spacial score (nSPS) is 14.9. The van der Waals surface area contributed by atoms with E-state index in [0.717, 1.165) is 0 Å². The molecule has 0 fully saturated rings. The van der Waals surface area contributed by atoms with Crippen LogP contribution in [0.5, 0.6) is 0 Å². The Morgan fingerprint density at radius 3 is 2.39 bits per heavy atom. The van der Waals surface area contributed by atoms with Gasteiger partial charge in [0.1, 0.15) is 7.05 Å². The summed E-state index contributed by atoms with van der Waals surface area (Å²) in [6, 6.07) is 13.6. The van der Waals surface area contributed by atoms with E-state index in [2.05, 4.69) is 82.6 Å². The number of aryl methyl sites for hydroxylation is 3. The summed E-state index contributed by atoms with van der Waals surface area (Å²) in [5.41, 5.74) is 9.82. The summed E-state index contributed by atoms with van der Waals surface area (Å²) >= 11 is 0.